The summed E-state index contributed by atoms with van der Waals surface area (Å²) in [7, 11) is 0. The Morgan fingerprint density at radius 3 is 2.93 bits per heavy atom. The van der Waals surface area contributed by atoms with Gasteiger partial charge in [0.05, 0.1) is 35.7 Å². The predicted molar refractivity (Wildman–Crippen MR) is 98.1 cm³/mol. The summed E-state index contributed by atoms with van der Waals surface area (Å²) < 4.78 is 33.9. The van der Waals surface area contributed by atoms with E-state index in [0.717, 1.165) is 12.1 Å². The minimum Gasteiger partial charge on any atom is -0.490 e. The SMILES string of the molecule is O=C(Nc1c[nH]c2cc(F)c(F)cc12)c1cnn(CCOc2cccnc2)c1. The van der Waals surface area contributed by atoms with E-state index in [1.54, 1.807) is 35.4 Å². The van der Waals surface area contributed by atoms with E-state index >= 15 is 0 Å². The highest BCUT2D eigenvalue weighted by Crippen LogP contribution is 2.26. The lowest BCUT2D eigenvalue weighted by Crippen LogP contribution is -2.11. The summed E-state index contributed by atoms with van der Waals surface area (Å²) in [6.45, 7) is 0.807. The van der Waals surface area contributed by atoms with E-state index in [0.29, 0.717) is 41.1 Å². The number of ether oxygens (including phenoxy) is 1. The van der Waals surface area contributed by atoms with Crippen LogP contribution in [0.3, 0.4) is 0 Å². The van der Waals surface area contributed by atoms with Crippen molar-refractivity contribution in [3.8, 4) is 5.75 Å². The molecule has 7 nitrogen and oxygen atoms in total. The first kappa shape index (κ1) is 17.7. The number of aromatic amines is 1. The first-order valence-corrected chi connectivity index (χ1v) is 8.43. The van der Waals surface area contributed by atoms with Gasteiger partial charge in [0.2, 0.25) is 0 Å². The van der Waals surface area contributed by atoms with Gasteiger partial charge in [-0.2, -0.15) is 5.10 Å². The topological polar surface area (TPSA) is 84.8 Å². The molecule has 0 spiro atoms. The average molecular weight is 383 g/mol. The van der Waals surface area contributed by atoms with Crippen molar-refractivity contribution in [2.75, 3.05) is 11.9 Å². The highest BCUT2D eigenvalue weighted by atomic mass is 19.2. The largest absolute Gasteiger partial charge is 0.490 e. The summed E-state index contributed by atoms with van der Waals surface area (Å²) in [5.41, 5.74) is 1.07. The van der Waals surface area contributed by atoms with Crippen LogP contribution >= 0.6 is 0 Å². The molecule has 1 amide bonds. The number of pyridine rings is 1. The Bertz CT molecular complexity index is 1120. The van der Waals surface area contributed by atoms with Crippen LogP contribution < -0.4 is 10.1 Å². The highest BCUT2D eigenvalue weighted by Gasteiger charge is 2.14. The lowest BCUT2D eigenvalue weighted by molar-refractivity contribution is 0.102. The van der Waals surface area contributed by atoms with Crippen LogP contribution in [0, 0.1) is 11.6 Å². The van der Waals surface area contributed by atoms with Gasteiger partial charge in [-0.15, -0.1) is 0 Å². The molecule has 0 radical (unpaired) electrons. The summed E-state index contributed by atoms with van der Waals surface area (Å²) >= 11 is 0. The third-order valence-corrected chi connectivity index (χ3v) is 4.09. The maximum absolute atomic E-state index is 13.5. The lowest BCUT2D eigenvalue weighted by Gasteiger charge is -2.05. The second-order valence-electron chi connectivity index (χ2n) is 6.00. The van der Waals surface area contributed by atoms with E-state index in [-0.39, 0.29) is 0 Å². The van der Waals surface area contributed by atoms with Gasteiger partial charge in [0, 0.05) is 30.0 Å². The summed E-state index contributed by atoms with van der Waals surface area (Å²) in [5.74, 6) is -1.70. The van der Waals surface area contributed by atoms with Crippen molar-refractivity contribution < 1.29 is 18.3 Å². The minimum absolute atomic E-state index is 0.332. The van der Waals surface area contributed by atoms with Gasteiger partial charge in [0.25, 0.3) is 5.91 Å². The monoisotopic (exact) mass is 383 g/mol. The molecule has 3 heterocycles. The van der Waals surface area contributed by atoms with Crippen LogP contribution in [0.15, 0.2) is 55.2 Å². The number of nitrogens with zero attached hydrogens (tertiary/aromatic N) is 3. The average Bonchev–Trinajstić information content (AvgIpc) is 3.31. The van der Waals surface area contributed by atoms with Gasteiger partial charge in [-0.1, -0.05) is 0 Å². The number of rotatable bonds is 6. The molecule has 0 fully saturated rings. The molecule has 4 aromatic rings. The molecule has 0 aliphatic heterocycles. The van der Waals surface area contributed by atoms with Crippen molar-refractivity contribution >= 4 is 22.5 Å². The summed E-state index contributed by atoms with van der Waals surface area (Å²) in [6.07, 6.45) is 7.75. The second-order valence-corrected chi connectivity index (χ2v) is 6.00. The molecule has 142 valence electrons. The van der Waals surface area contributed by atoms with E-state index in [4.69, 9.17) is 4.74 Å². The molecule has 0 aliphatic carbocycles. The van der Waals surface area contributed by atoms with Crippen LogP contribution in [0.1, 0.15) is 10.4 Å². The molecular weight excluding hydrogens is 368 g/mol. The van der Waals surface area contributed by atoms with Gasteiger partial charge in [0.1, 0.15) is 12.4 Å². The standard InChI is InChI=1S/C19H15F2N5O2/c20-15-6-14-17(7-16(15)21)23-10-18(14)25-19(27)12-8-24-26(11-12)4-5-28-13-2-1-3-22-9-13/h1-3,6-11,23H,4-5H2,(H,25,27). The van der Waals surface area contributed by atoms with Crippen LogP contribution in [0.2, 0.25) is 0 Å². The third kappa shape index (κ3) is 3.68. The number of carbonyl (C=O) groups is 1. The number of H-pyrrole nitrogens is 1. The van der Waals surface area contributed by atoms with Crippen molar-refractivity contribution in [2.24, 2.45) is 0 Å². The second kappa shape index (κ2) is 7.47. The third-order valence-electron chi connectivity index (χ3n) is 4.09. The fourth-order valence-corrected chi connectivity index (χ4v) is 2.71. The van der Waals surface area contributed by atoms with Crippen LogP contribution in [0.4, 0.5) is 14.5 Å². The van der Waals surface area contributed by atoms with Crippen LogP contribution in [0.5, 0.6) is 5.75 Å². The van der Waals surface area contributed by atoms with E-state index < -0.39 is 17.5 Å². The Labute approximate surface area is 158 Å². The van der Waals surface area contributed by atoms with Crippen molar-refractivity contribution in [1.29, 1.82) is 0 Å². The number of carbonyl (C=O) groups excluding carboxylic acids is 1. The van der Waals surface area contributed by atoms with E-state index in [1.165, 1.54) is 12.4 Å². The molecule has 3 aromatic heterocycles. The van der Waals surface area contributed by atoms with E-state index in [9.17, 15) is 13.6 Å². The molecule has 0 bridgehead atoms. The molecule has 4 rings (SSSR count). The molecule has 9 heteroatoms. The van der Waals surface area contributed by atoms with Gasteiger partial charge in [-0.05, 0) is 18.2 Å². The number of nitrogens with one attached hydrogen (secondary N) is 2. The zero-order valence-electron chi connectivity index (χ0n) is 14.5. The maximum atomic E-state index is 13.5. The smallest absolute Gasteiger partial charge is 0.258 e. The van der Waals surface area contributed by atoms with Crippen molar-refractivity contribution in [1.82, 2.24) is 19.7 Å². The Kier molecular flexibility index (Phi) is 4.71. The van der Waals surface area contributed by atoms with Crippen LogP contribution in [-0.4, -0.2) is 32.3 Å². The van der Waals surface area contributed by atoms with Gasteiger partial charge in [-0.25, -0.2) is 8.78 Å². The van der Waals surface area contributed by atoms with E-state index in [1.807, 2.05) is 0 Å². The summed E-state index contributed by atoms with van der Waals surface area (Å²) in [5, 5.41) is 7.18. The molecule has 0 saturated heterocycles. The molecule has 0 atom stereocenters. The molecule has 2 N–H and O–H groups in total. The van der Waals surface area contributed by atoms with Crippen molar-refractivity contribution in [2.45, 2.75) is 6.54 Å². The number of hydrogen-bond acceptors (Lipinski definition) is 4. The summed E-state index contributed by atoms with van der Waals surface area (Å²) in [4.78, 5) is 19.2. The number of hydrogen-bond donors (Lipinski definition) is 2. The Morgan fingerprint density at radius 2 is 2.11 bits per heavy atom. The Hall–Kier alpha value is -3.75. The molecule has 0 saturated carbocycles. The number of fused-ring (bicyclic) bond motifs is 1. The van der Waals surface area contributed by atoms with Gasteiger partial charge in [0.15, 0.2) is 11.6 Å². The number of anilines is 1. The van der Waals surface area contributed by atoms with E-state index in [2.05, 4.69) is 20.4 Å². The molecule has 28 heavy (non-hydrogen) atoms. The van der Waals surface area contributed by atoms with Gasteiger partial charge >= 0.3 is 0 Å². The van der Waals surface area contributed by atoms with Crippen molar-refractivity contribution in [3.63, 3.8) is 0 Å². The number of amides is 1. The first-order chi connectivity index (χ1) is 13.6. The number of benzene rings is 1. The minimum atomic E-state index is -0.982. The maximum Gasteiger partial charge on any atom is 0.258 e. The molecule has 0 aliphatic rings. The Balaban J connectivity index is 1.40. The van der Waals surface area contributed by atoms with Gasteiger partial charge < -0.3 is 15.0 Å². The number of aromatic nitrogens is 4. The first-order valence-electron chi connectivity index (χ1n) is 8.43. The number of halogens is 2. The quantitative estimate of drug-likeness (QED) is 0.535. The zero-order chi connectivity index (χ0) is 19.5. The zero-order valence-corrected chi connectivity index (χ0v) is 14.5. The fourth-order valence-electron chi connectivity index (χ4n) is 2.71. The molecular formula is C19H15F2N5O2. The lowest BCUT2D eigenvalue weighted by atomic mass is 10.2. The van der Waals surface area contributed by atoms with Crippen LogP contribution in [-0.2, 0) is 6.54 Å². The Morgan fingerprint density at radius 1 is 1.25 bits per heavy atom. The summed E-state index contributed by atoms with van der Waals surface area (Å²) in [6, 6.07) is 5.65. The van der Waals surface area contributed by atoms with Crippen LogP contribution in [0.25, 0.3) is 10.9 Å². The normalized spacial score (nSPS) is 10.9. The predicted octanol–water partition coefficient (Wildman–Crippen LogP) is 3.37. The van der Waals surface area contributed by atoms with Gasteiger partial charge in [-0.3, -0.25) is 14.5 Å². The molecule has 1 aromatic carbocycles. The molecule has 0 unspecified atom stereocenters. The fraction of sp³-hybridized carbons (Fsp3) is 0.105. The highest BCUT2D eigenvalue weighted by molar-refractivity contribution is 6.08. The van der Waals surface area contributed by atoms with Crippen molar-refractivity contribution in [3.05, 3.63) is 72.4 Å².